The third-order valence-electron chi connectivity index (χ3n) is 3.02. The molecule has 17 heavy (non-hydrogen) atoms. The van der Waals surface area contributed by atoms with E-state index in [0.29, 0.717) is 18.2 Å². The summed E-state index contributed by atoms with van der Waals surface area (Å²) in [7, 11) is 1.58. The summed E-state index contributed by atoms with van der Waals surface area (Å²) in [6, 6.07) is 1.84. The van der Waals surface area contributed by atoms with Crippen molar-refractivity contribution in [3.05, 3.63) is 17.8 Å². The predicted octanol–water partition coefficient (Wildman–Crippen LogP) is 1.68. The lowest BCUT2D eigenvalue weighted by Gasteiger charge is -2.18. The minimum atomic E-state index is 0.152. The molecule has 92 valence electrons. The van der Waals surface area contributed by atoms with Gasteiger partial charge in [-0.1, -0.05) is 0 Å². The molecule has 0 radical (unpaired) electrons. The summed E-state index contributed by atoms with van der Waals surface area (Å²) in [5.41, 5.74) is 1.88. The first kappa shape index (κ1) is 12.2. The van der Waals surface area contributed by atoms with Crippen molar-refractivity contribution in [2.45, 2.75) is 13.3 Å². The number of thiol groups is 1. The molecule has 4 nitrogen and oxygen atoms in total. The Bertz CT molecular complexity index is 437. The van der Waals surface area contributed by atoms with Crippen LogP contribution in [0.25, 0.3) is 0 Å². The lowest BCUT2D eigenvalue weighted by Crippen LogP contribution is -2.25. The molecular formula is C12H16N2O2S. The second kappa shape index (κ2) is 4.96. The molecule has 0 spiro atoms. The van der Waals surface area contributed by atoms with E-state index in [9.17, 15) is 4.79 Å². The van der Waals surface area contributed by atoms with Gasteiger partial charge < -0.3 is 9.64 Å². The molecule has 1 aliphatic heterocycles. The van der Waals surface area contributed by atoms with Crippen molar-refractivity contribution in [2.24, 2.45) is 5.92 Å². The van der Waals surface area contributed by atoms with Gasteiger partial charge in [-0.3, -0.25) is 4.79 Å². The van der Waals surface area contributed by atoms with Gasteiger partial charge in [0.25, 0.3) is 0 Å². The SMILES string of the molecule is COc1cc(C)c(N2CC(CS)CC2=O)cn1. The Kier molecular flexibility index (Phi) is 3.57. The molecule has 1 aromatic heterocycles. The fourth-order valence-electron chi connectivity index (χ4n) is 2.05. The highest BCUT2D eigenvalue weighted by Crippen LogP contribution is 2.29. The van der Waals surface area contributed by atoms with Gasteiger partial charge in [-0.25, -0.2) is 4.98 Å². The maximum Gasteiger partial charge on any atom is 0.227 e. The predicted molar refractivity (Wildman–Crippen MR) is 69.8 cm³/mol. The molecule has 1 aliphatic rings. The highest BCUT2D eigenvalue weighted by atomic mass is 32.1. The normalized spacial score (nSPS) is 19.8. The molecule has 0 aliphatic carbocycles. The van der Waals surface area contributed by atoms with E-state index in [1.54, 1.807) is 18.2 Å². The number of aromatic nitrogens is 1. The summed E-state index contributed by atoms with van der Waals surface area (Å²) >= 11 is 4.25. The Balaban J connectivity index is 2.26. The van der Waals surface area contributed by atoms with Crippen LogP contribution in [0, 0.1) is 12.8 Å². The van der Waals surface area contributed by atoms with Crippen LogP contribution in [0.15, 0.2) is 12.3 Å². The topological polar surface area (TPSA) is 42.4 Å². The quantitative estimate of drug-likeness (QED) is 0.832. The molecule has 2 rings (SSSR count). The van der Waals surface area contributed by atoms with E-state index in [1.165, 1.54) is 0 Å². The zero-order valence-corrected chi connectivity index (χ0v) is 10.9. The van der Waals surface area contributed by atoms with Crippen LogP contribution >= 0.6 is 12.6 Å². The summed E-state index contributed by atoms with van der Waals surface area (Å²) in [4.78, 5) is 17.8. The number of carbonyl (C=O) groups is 1. The van der Waals surface area contributed by atoms with Gasteiger partial charge in [0, 0.05) is 19.0 Å². The number of methoxy groups -OCH3 is 1. The van der Waals surface area contributed by atoms with Crippen LogP contribution in [0.4, 0.5) is 5.69 Å². The Morgan fingerprint density at radius 3 is 2.94 bits per heavy atom. The first-order valence-corrected chi connectivity index (χ1v) is 6.20. The van der Waals surface area contributed by atoms with Crippen molar-refractivity contribution in [3.8, 4) is 5.88 Å². The minimum Gasteiger partial charge on any atom is -0.481 e. The molecule has 0 aromatic carbocycles. The number of pyridine rings is 1. The Morgan fingerprint density at radius 1 is 1.65 bits per heavy atom. The van der Waals surface area contributed by atoms with Crippen molar-refractivity contribution in [3.63, 3.8) is 0 Å². The second-order valence-electron chi connectivity index (χ2n) is 4.27. The summed E-state index contributed by atoms with van der Waals surface area (Å²) < 4.78 is 5.06. The van der Waals surface area contributed by atoms with E-state index < -0.39 is 0 Å². The molecular weight excluding hydrogens is 236 g/mol. The van der Waals surface area contributed by atoms with Crippen molar-refractivity contribution in [1.29, 1.82) is 0 Å². The van der Waals surface area contributed by atoms with Crippen LogP contribution in [-0.2, 0) is 4.79 Å². The molecule has 1 fully saturated rings. The van der Waals surface area contributed by atoms with Gasteiger partial charge in [-0.15, -0.1) is 0 Å². The number of anilines is 1. The average molecular weight is 252 g/mol. The van der Waals surface area contributed by atoms with E-state index in [0.717, 1.165) is 23.5 Å². The number of hydrogen-bond donors (Lipinski definition) is 1. The number of carbonyl (C=O) groups excluding carboxylic acids is 1. The van der Waals surface area contributed by atoms with E-state index in [1.807, 2.05) is 13.0 Å². The number of ether oxygens (including phenoxy) is 1. The van der Waals surface area contributed by atoms with Crippen LogP contribution in [-0.4, -0.2) is 30.3 Å². The second-order valence-corrected chi connectivity index (χ2v) is 4.64. The number of aryl methyl sites for hydroxylation is 1. The standard InChI is InChI=1S/C12H16N2O2S/c1-8-3-11(16-2)13-5-10(8)14-6-9(7-17)4-12(14)15/h3,5,9,17H,4,6-7H2,1-2H3. The Hall–Kier alpha value is -1.23. The summed E-state index contributed by atoms with van der Waals surface area (Å²) in [6.07, 6.45) is 2.28. The number of amides is 1. The lowest BCUT2D eigenvalue weighted by molar-refractivity contribution is -0.117. The van der Waals surface area contributed by atoms with E-state index in [2.05, 4.69) is 17.6 Å². The molecule has 5 heteroatoms. The molecule has 0 bridgehead atoms. The molecule has 1 amide bonds. The number of hydrogen-bond acceptors (Lipinski definition) is 4. The molecule has 2 heterocycles. The molecule has 0 N–H and O–H groups in total. The first-order chi connectivity index (χ1) is 8.15. The Morgan fingerprint density at radius 2 is 2.41 bits per heavy atom. The average Bonchev–Trinajstić information content (AvgIpc) is 2.70. The van der Waals surface area contributed by atoms with E-state index >= 15 is 0 Å². The maximum absolute atomic E-state index is 11.9. The third kappa shape index (κ3) is 2.39. The van der Waals surface area contributed by atoms with Gasteiger partial charge in [0.1, 0.15) is 0 Å². The summed E-state index contributed by atoms with van der Waals surface area (Å²) in [5.74, 6) is 1.81. The van der Waals surface area contributed by atoms with Gasteiger partial charge in [0.2, 0.25) is 11.8 Å². The van der Waals surface area contributed by atoms with Gasteiger partial charge in [0.05, 0.1) is 19.0 Å². The van der Waals surface area contributed by atoms with Gasteiger partial charge in [-0.2, -0.15) is 12.6 Å². The lowest BCUT2D eigenvalue weighted by atomic mass is 10.1. The van der Waals surface area contributed by atoms with E-state index in [4.69, 9.17) is 4.74 Å². The van der Waals surface area contributed by atoms with Gasteiger partial charge in [-0.05, 0) is 24.2 Å². The van der Waals surface area contributed by atoms with Crippen LogP contribution in [0.1, 0.15) is 12.0 Å². The van der Waals surface area contributed by atoms with Crippen molar-refractivity contribution < 1.29 is 9.53 Å². The largest absolute Gasteiger partial charge is 0.481 e. The summed E-state index contributed by atoms with van der Waals surface area (Å²) in [5, 5.41) is 0. The fourth-order valence-corrected chi connectivity index (χ4v) is 2.30. The van der Waals surface area contributed by atoms with Crippen molar-refractivity contribution in [2.75, 3.05) is 24.3 Å². The first-order valence-electron chi connectivity index (χ1n) is 5.57. The summed E-state index contributed by atoms with van der Waals surface area (Å²) in [6.45, 7) is 2.69. The zero-order chi connectivity index (χ0) is 12.4. The zero-order valence-electron chi connectivity index (χ0n) is 10.0. The molecule has 1 saturated heterocycles. The van der Waals surface area contributed by atoms with Crippen molar-refractivity contribution >= 4 is 24.2 Å². The maximum atomic E-state index is 11.9. The highest BCUT2D eigenvalue weighted by molar-refractivity contribution is 7.80. The van der Waals surface area contributed by atoms with E-state index in [-0.39, 0.29) is 5.91 Å². The smallest absolute Gasteiger partial charge is 0.227 e. The highest BCUT2D eigenvalue weighted by Gasteiger charge is 2.30. The minimum absolute atomic E-state index is 0.152. The van der Waals surface area contributed by atoms with Gasteiger partial charge >= 0.3 is 0 Å². The van der Waals surface area contributed by atoms with Crippen LogP contribution in [0.2, 0.25) is 0 Å². The Labute approximate surface area is 106 Å². The molecule has 1 aromatic rings. The number of rotatable bonds is 3. The van der Waals surface area contributed by atoms with Crippen molar-refractivity contribution in [1.82, 2.24) is 4.98 Å². The number of nitrogens with zero attached hydrogens (tertiary/aromatic N) is 2. The molecule has 1 atom stereocenters. The van der Waals surface area contributed by atoms with Crippen LogP contribution in [0.5, 0.6) is 5.88 Å². The van der Waals surface area contributed by atoms with Gasteiger partial charge in [0.15, 0.2) is 0 Å². The third-order valence-corrected chi connectivity index (χ3v) is 3.54. The monoisotopic (exact) mass is 252 g/mol. The van der Waals surface area contributed by atoms with Crippen LogP contribution < -0.4 is 9.64 Å². The van der Waals surface area contributed by atoms with Crippen LogP contribution in [0.3, 0.4) is 0 Å². The molecule has 1 unspecified atom stereocenters. The molecule has 0 saturated carbocycles. The fraction of sp³-hybridized carbons (Fsp3) is 0.500.